The van der Waals surface area contributed by atoms with Crippen LogP contribution in [0.15, 0.2) is 24.3 Å². The zero-order valence-electron chi connectivity index (χ0n) is 10.8. The van der Waals surface area contributed by atoms with Gasteiger partial charge in [0.1, 0.15) is 22.9 Å². The third kappa shape index (κ3) is 6.63. The van der Waals surface area contributed by atoms with E-state index in [1.165, 1.54) is 7.11 Å². The van der Waals surface area contributed by atoms with Crippen molar-refractivity contribution < 1.29 is 23.8 Å². The molecule has 0 heterocycles. The van der Waals surface area contributed by atoms with Gasteiger partial charge in [0.25, 0.3) is 0 Å². The number of esters is 2. The molecule has 0 spiro atoms. The van der Waals surface area contributed by atoms with E-state index in [-0.39, 0.29) is 19.4 Å². The Morgan fingerprint density at radius 2 is 1.80 bits per heavy atom. The first-order chi connectivity index (χ1) is 9.51. The number of carbonyl (C=O) groups excluding carboxylic acids is 2. The van der Waals surface area contributed by atoms with E-state index in [0.29, 0.717) is 11.5 Å². The molecule has 0 saturated carbocycles. The number of benzene rings is 1. The summed E-state index contributed by atoms with van der Waals surface area (Å²) in [5, 5.41) is 0. The van der Waals surface area contributed by atoms with Gasteiger partial charge in [-0.15, -0.1) is 23.2 Å². The molecule has 0 N–H and O–H groups in total. The molecule has 0 aromatic heterocycles. The van der Waals surface area contributed by atoms with Crippen LogP contribution in [0.1, 0.15) is 12.8 Å². The molecule has 20 heavy (non-hydrogen) atoms. The Balaban J connectivity index is 2.34. The van der Waals surface area contributed by atoms with Crippen molar-refractivity contribution in [3.8, 4) is 11.5 Å². The van der Waals surface area contributed by atoms with Crippen LogP contribution in [-0.4, -0.2) is 30.5 Å². The van der Waals surface area contributed by atoms with Crippen LogP contribution in [0.4, 0.5) is 0 Å². The summed E-state index contributed by atoms with van der Waals surface area (Å²) in [5.74, 6) is -0.170. The number of hydrogen-bond donors (Lipinski definition) is 0. The van der Waals surface area contributed by atoms with Crippen LogP contribution in [0.2, 0.25) is 0 Å². The molecule has 0 unspecified atom stereocenters. The maximum Gasteiger partial charge on any atom is 0.311 e. The SMILES string of the molecule is COc1cccc(OC(=O)CCC(=O)OCC(Cl)Cl)c1. The summed E-state index contributed by atoms with van der Waals surface area (Å²) in [4.78, 5) is 22.0. The lowest BCUT2D eigenvalue weighted by Crippen LogP contribution is -2.14. The average Bonchev–Trinajstić information content (AvgIpc) is 2.43. The van der Waals surface area contributed by atoms with E-state index in [9.17, 15) is 9.59 Å². The molecule has 0 bridgehead atoms. The molecule has 0 saturated heterocycles. The molecule has 1 rings (SSSR count). The standard InChI is InChI=1S/C13H14Cl2O5/c1-18-9-3-2-4-10(7-9)20-13(17)6-5-12(16)19-8-11(14)15/h2-4,7,11H,5-6,8H2,1H3. The maximum atomic E-state index is 11.5. The molecule has 1 aromatic rings. The quantitative estimate of drug-likeness (QED) is 0.439. The summed E-state index contributed by atoms with van der Waals surface area (Å²) >= 11 is 10.8. The first-order valence-corrected chi connectivity index (χ1v) is 6.67. The van der Waals surface area contributed by atoms with E-state index in [1.807, 2.05) is 0 Å². The number of carbonyl (C=O) groups is 2. The van der Waals surface area contributed by atoms with Crippen LogP contribution >= 0.6 is 23.2 Å². The minimum Gasteiger partial charge on any atom is -0.497 e. The Labute approximate surface area is 126 Å². The molecule has 0 radical (unpaired) electrons. The molecule has 0 atom stereocenters. The van der Waals surface area contributed by atoms with Crippen molar-refractivity contribution in [2.75, 3.05) is 13.7 Å². The van der Waals surface area contributed by atoms with E-state index in [2.05, 4.69) is 0 Å². The van der Waals surface area contributed by atoms with Crippen molar-refractivity contribution in [2.45, 2.75) is 17.7 Å². The average molecular weight is 321 g/mol. The Kier molecular flexibility index (Phi) is 7.18. The molecule has 0 aliphatic heterocycles. The highest BCUT2D eigenvalue weighted by atomic mass is 35.5. The molecule has 1 aromatic carbocycles. The van der Waals surface area contributed by atoms with Gasteiger partial charge in [0.2, 0.25) is 0 Å². The second kappa shape index (κ2) is 8.66. The van der Waals surface area contributed by atoms with Gasteiger partial charge in [-0.05, 0) is 12.1 Å². The molecule has 0 fully saturated rings. The third-order valence-corrected chi connectivity index (χ3v) is 2.43. The van der Waals surface area contributed by atoms with E-state index in [1.54, 1.807) is 24.3 Å². The fourth-order valence-electron chi connectivity index (χ4n) is 1.28. The summed E-state index contributed by atoms with van der Waals surface area (Å²) in [7, 11) is 1.51. The molecule has 0 aliphatic carbocycles. The molecule has 5 nitrogen and oxygen atoms in total. The fourth-order valence-corrected chi connectivity index (χ4v) is 1.41. The van der Waals surface area contributed by atoms with Crippen molar-refractivity contribution in [3.05, 3.63) is 24.3 Å². The number of alkyl halides is 2. The van der Waals surface area contributed by atoms with Gasteiger partial charge in [-0.25, -0.2) is 0 Å². The molecular formula is C13H14Cl2O5. The summed E-state index contributed by atoms with van der Waals surface area (Å²) in [6.07, 6.45) is -0.186. The summed E-state index contributed by atoms with van der Waals surface area (Å²) in [6.45, 7) is -0.104. The van der Waals surface area contributed by atoms with E-state index in [0.717, 1.165) is 0 Å². The molecule has 0 amide bonds. The highest BCUT2D eigenvalue weighted by Crippen LogP contribution is 2.19. The molecular weight excluding hydrogens is 307 g/mol. The van der Waals surface area contributed by atoms with Gasteiger partial charge in [0, 0.05) is 6.07 Å². The van der Waals surface area contributed by atoms with Gasteiger partial charge in [-0.3, -0.25) is 9.59 Å². The van der Waals surface area contributed by atoms with Crippen molar-refractivity contribution in [2.24, 2.45) is 0 Å². The highest BCUT2D eigenvalue weighted by Gasteiger charge is 2.11. The van der Waals surface area contributed by atoms with Crippen LogP contribution in [-0.2, 0) is 14.3 Å². The number of rotatable bonds is 7. The fraction of sp³-hybridized carbons (Fsp3) is 0.385. The number of halogens is 2. The van der Waals surface area contributed by atoms with Crippen LogP contribution in [0.25, 0.3) is 0 Å². The first kappa shape index (κ1) is 16.6. The second-order valence-electron chi connectivity index (χ2n) is 3.73. The largest absolute Gasteiger partial charge is 0.497 e. The zero-order valence-corrected chi connectivity index (χ0v) is 12.3. The molecule has 7 heteroatoms. The monoisotopic (exact) mass is 320 g/mol. The van der Waals surface area contributed by atoms with Gasteiger partial charge in [-0.1, -0.05) is 6.07 Å². The van der Waals surface area contributed by atoms with Gasteiger partial charge >= 0.3 is 11.9 Å². The van der Waals surface area contributed by atoms with Crippen LogP contribution < -0.4 is 9.47 Å². The minimum absolute atomic E-state index is 0.0920. The third-order valence-electron chi connectivity index (χ3n) is 2.18. The topological polar surface area (TPSA) is 61.8 Å². The van der Waals surface area contributed by atoms with Crippen molar-refractivity contribution >= 4 is 35.1 Å². The van der Waals surface area contributed by atoms with Gasteiger partial charge in [-0.2, -0.15) is 0 Å². The Morgan fingerprint density at radius 1 is 1.15 bits per heavy atom. The smallest absolute Gasteiger partial charge is 0.311 e. The maximum absolute atomic E-state index is 11.5. The number of methoxy groups -OCH3 is 1. The number of hydrogen-bond acceptors (Lipinski definition) is 5. The second-order valence-corrected chi connectivity index (χ2v) is 5.00. The lowest BCUT2D eigenvalue weighted by atomic mass is 10.3. The van der Waals surface area contributed by atoms with Crippen molar-refractivity contribution in [1.29, 1.82) is 0 Å². The summed E-state index contributed by atoms with van der Waals surface area (Å²) < 4.78 is 14.8. The van der Waals surface area contributed by atoms with Crippen molar-refractivity contribution in [3.63, 3.8) is 0 Å². The predicted molar refractivity (Wildman–Crippen MR) is 74.3 cm³/mol. The summed E-state index contributed by atoms with van der Waals surface area (Å²) in [5.41, 5.74) is 0. The summed E-state index contributed by atoms with van der Waals surface area (Å²) in [6, 6.07) is 6.60. The first-order valence-electron chi connectivity index (χ1n) is 5.79. The molecule has 0 aliphatic rings. The number of ether oxygens (including phenoxy) is 3. The van der Waals surface area contributed by atoms with Gasteiger partial charge in [0.05, 0.1) is 20.0 Å². The van der Waals surface area contributed by atoms with Gasteiger partial charge in [0.15, 0.2) is 0 Å². The Hall–Kier alpha value is -1.46. The minimum atomic E-state index is -0.775. The zero-order chi connectivity index (χ0) is 15.0. The van der Waals surface area contributed by atoms with E-state index >= 15 is 0 Å². The lowest BCUT2D eigenvalue weighted by molar-refractivity contribution is -0.146. The van der Waals surface area contributed by atoms with E-state index < -0.39 is 16.8 Å². The van der Waals surface area contributed by atoms with E-state index in [4.69, 9.17) is 37.4 Å². The predicted octanol–water partition coefficient (Wildman–Crippen LogP) is 2.73. The van der Waals surface area contributed by atoms with Gasteiger partial charge < -0.3 is 14.2 Å². The van der Waals surface area contributed by atoms with Crippen LogP contribution in [0, 0.1) is 0 Å². The normalized spacial score (nSPS) is 10.2. The Bertz CT molecular complexity index is 462. The lowest BCUT2D eigenvalue weighted by Gasteiger charge is -2.06. The highest BCUT2D eigenvalue weighted by molar-refractivity contribution is 6.44. The van der Waals surface area contributed by atoms with Crippen LogP contribution in [0.5, 0.6) is 11.5 Å². The van der Waals surface area contributed by atoms with Crippen molar-refractivity contribution in [1.82, 2.24) is 0 Å². The Morgan fingerprint density at radius 3 is 2.45 bits per heavy atom. The molecule has 110 valence electrons. The van der Waals surface area contributed by atoms with Crippen LogP contribution in [0.3, 0.4) is 0 Å².